The topological polar surface area (TPSA) is 69.6 Å². The van der Waals surface area contributed by atoms with Crippen molar-refractivity contribution in [2.75, 3.05) is 19.6 Å². The summed E-state index contributed by atoms with van der Waals surface area (Å²) in [5, 5.41) is 12.5. The molecule has 2 aliphatic heterocycles. The van der Waals surface area contributed by atoms with Crippen molar-refractivity contribution >= 4 is 11.9 Å². The number of hydrogen-bond acceptors (Lipinski definition) is 3. The summed E-state index contributed by atoms with van der Waals surface area (Å²) < 4.78 is 0. The number of hydrogen-bond donors (Lipinski definition) is 2. The molecule has 0 aromatic carbocycles. The Morgan fingerprint density at radius 2 is 2.00 bits per heavy atom. The van der Waals surface area contributed by atoms with Gasteiger partial charge in [0.15, 0.2) is 0 Å². The zero-order valence-corrected chi connectivity index (χ0v) is 12.5. The fraction of sp³-hybridized carbons (Fsp3) is 0.867. The maximum Gasteiger partial charge on any atom is 0.308 e. The molecule has 20 heavy (non-hydrogen) atoms. The van der Waals surface area contributed by atoms with Crippen molar-refractivity contribution in [3.05, 3.63) is 0 Å². The molecule has 0 aromatic heterocycles. The molecule has 2 aliphatic rings. The number of nitrogens with one attached hydrogen (secondary N) is 1. The predicted octanol–water partition coefficient (Wildman–Crippen LogP) is 1.48. The quantitative estimate of drug-likeness (QED) is 0.819. The molecular weight excluding hydrogens is 256 g/mol. The van der Waals surface area contributed by atoms with Crippen molar-refractivity contribution in [3.8, 4) is 0 Å². The Bertz CT molecular complexity index is 372. The van der Waals surface area contributed by atoms with E-state index in [1.807, 2.05) is 11.8 Å². The van der Waals surface area contributed by atoms with Crippen LogP contribution in [0.15, 0.2) is 0 Å². The first-order chi connectivity index (χ1) is 9.52. The molecule has 2 atom stereocenters. The van der Waals surface area contributed by atoms with Crippen LogP contribution in [0.4, 0.5) is 0 Å². The molecule has 114 valence electrons. The lowest BCUT2D eigenvalue weighted by atomic mass is 9.74. The Morgan fingerprint density at radius 1 is 1.35 bits per heavy atom. The SMILES string of the molecule is CCCC1(C(=O)N2CCC(C(=O)O)C2C)CCNCC1. The lowest BCUT2D eigenvalue weighted by Gasteiger charge is -2.40. The molecule has 0 aliphatic carbocycles. The van der Waals surface area contributed by atoms with Gasteiger partial charge in [-0.3, -0.25) is 9.59 Å². The molecule has 2 N–H and O–H groups in total. The van der Waals surface area contributed by atoms with Crippen LogP contribution in [0.2, 0.25) is 0 Å². The van der Waals surface area contributed by atoms with Crippen LogP contribution < -0.4 is 5.32 Å². The summed E-state index contributed by atoms with van der Waals surface area (Å²) in [5.74, 6) is -0.987. The van der Waals surface area contributed by atoms with Crippen LogP contribution in [0, 0.1) is 11.3 Å². The summed E-state index contributed by atoms with van der Waals surface area (Å²) in [4.78, 5) is 26.0. The van der Waals surface area contributed by atoms with Gasteiger partial charge < -0.3 is 15.3 Å². The van der Waals surface area contributed by atoms with Gasteiger partial charge in [-0.15, -0.1) is 0 Å². The fourth-order valence-electron chi connectivity index (χ4n) is 3.82. The van der Waals surface area contributed by atoms with E-state index < -0.39 is 11.9 Å². The molecule has 0 bridgehead atoms. The highest BCUT2D eigenvalue weighted by atomic mass is 16.4. The Hall–Kier alpha value is -1.10. The van der Waals surface area contributed by atoms with Gasteiger partial charge in [0.2, 0.25) is 5.91 Å². The van der Waals surface area contributed by atoms with Crippen LogP contribution in [0.3, 0.4) is 0 Å². The molecule has 2 fully saturated rings. The van der Waals surface area contributed by atoms with Crippen molar-refractivity contribution in [1.29, 1.82) is 0 Å². The summed E-state index contributed by atoms with van der Waals surface area (Å²) in [5.41, 5.74) is -0.262. The average molecular weight is 282 g/mol. The largest absolute Gasteiger partial charge is 0.481 e. The van der Waals surface area contributed by atoms with Crippen LogP contribution >= 0.6 is 0 Å². The summed E-state index contributed by atoms with van der Waals surface area (Å²) >= 11 is 0. The van der Waals surface area contributed by atoms with E-state index in [4.69, 9.17) is 0 Å². The third-order valence-corrected chi connectivity index (χ3v) is 5.08. The van der Waals surface area contributed by atoms with Crippen LogP contribution in [0.1, 0.15) is 46.0 Å². The maximum absolute atomic E-state index is 13.0. The van der Waals surface area contributed by atoms with Gasteiger partial charge >= 0.3 is 5.97 Å². The van der Waals surface area contributed by atoms with Gasteiger partial charge in [-0.2, -0.15) is 0 Å². The Labute approximate surface area is 120 Å². The monoisotopic (exact) mass is 282 g/mol. The normalized spacial score (nSPS) is 29.4. The van der Waals surface area contributed by atoms with Gasteiger partial charge in [-0.25, -0.2) is 0 Å². The number of nitrogens with zero attached hydrogens (tertiary/aromatic N) is 1. The number of carbonyl (C=O) groups excluding carboxylic acids is 1. The zero-order chi connectivity index (χ0) is 14.8. The lowest BCUT2D eigenvalue weighted by molar-refractivity contribution is -0.147. The number of amides is 1. The molecule has 2 saturated heterocycles. The smallest absolute Gasteiger partial charge is 0.308 e. The van der Waals surface area contributed by atoms with Crippen LogP contribution in [0.5, 0.6) is 0 Å². The summed E-state index contributed by atoms with van der Waals surface area (Å²) in [6.45, 7) is 6.36. The van der Waals surface area contributed by atoms with E-state index in [-0.39, 0.29) is 17.4 Å². The molecule has 0 saturated carbocycles. The second kappa shape index (κ2) is 6.12. The third-order valence-electron chi connectivity index (χ3n) is 5.08. The Balaban J connectivity index is 2.14. The Kier molecular flexibility index (Phi) is 4.68. The standard InChI is InChI=1S/C15H26N2O3/c1-3-5-15(6-8-16-9-7-15)14(20)17-10-4-12(11(17)2)13(18)19/h11-12,16H,3-10H2,1-2H3,(H,18,19). The minimum Gasteiger partial charge on any atom is -0.481 e. The minimum atomic E-state index is -0.775. The first-order valence-electron chi connectivity index (χ1n) is 7.76. The highest BCUT2D eigenvalue weighted by molar-refractivity contribution is 5.84. The molecule has 0 radical (unpaired) electrons. The predicted molar refractivity (Wildman–Crippen MR) is 76.4 cm³/mol. The number of piperidine rings is 1. The van der Waals surface area contributed by atoms with Crippen molar-refractivity contribution in [3.63, 3.8) is 0 Å². The maximum atomic E-state index is 13.0. The molecule has 5 nitrogen and oxygen atoms in total. The molecule has 2 unspecified atom stereocenters. The highest BCUT2D eigenvalue weighted by Crippen LogP contribution is 2.39. The molecule has 2 rings (SSSR count). The second-order valence-corrected chi connectivity index (χ2v) is 6.25. The van der Waals surface area contributed by atoms with Gasteiger partial charge in [0.05, 0.1) is 11.3 Å². The third kappa shape index (κ3) is 2.68. The molecule has 0 aromatic rings. The van der Waals surface area contributed by atoms with Crippen LogP contribution in [0.25, 0.3) is 0 Å². The van der Waals surface area contributed by atoms with Gasteiger partial charge in [0.1, 0.15) is 0 Å². The second-order valence-electron chi connectivity index (χ2n) is 6.25. The summed E-state index contributed by atoms with van der Waals surface area (Å²) in [6.07, 6.45) is 4.24. The van der Waals surface area contributed by atoms with E-state index in [1.54, 1.807) is 0 Å². The van der Waals surface area contributed by atoms with Crippen LogP contribution in [-0.4, -0.2) is 47.6 Å². The van der Waals surface area contributed by atoms with Gasteiger partial charge in [0.25, 0.3) is 0 Å². The van der Waals surface area contributed by atoms with Gasteiger partial charge in [-0.05, 0) is 45.7 Å². The number of likely N-dealkylation sites (tertiary alicyclic amines) is 1. The van der Waals surface area contributed by atoms with E-state index in [9.17, 15) is 14.7 Å². The number of carboxylic acid groups (broad SMARTS) is 1. The fourth-order valence-corrected chi connectivity index (χ4v) is 3.82. The van der Waals surface area contributed by atoms with Gasteiger partial charge in [0, 0.05) is 12.6 Å². The summed E-state index contributed by atoms with van der Waals surface area (Å²) in [6, 6.07) is -0.177. The van der Waals surface area contributed by atoms with Crippen molar-refractivity contribution in [1.82, 2.24) is 10.2 Å². The van der Waals surface area contributed by atoms with Crippen molar-refractivity contribution < 1.29 is 14.7 Å². The van der Waals surface area contributed by atoms with Crippen molar-refractivity contribution in [2.24, 2.45) is 11.3 Å². The van der Waals surface area contributed by atoms with Gasteiger partial charge in [-0.1, -0.05) is 13.3 Å². The number of carbonyl (C=O) groups is 2. The number of rotatable bonds is 4. The average Bonchev–Trinajstić information content (AvgIpc) is 2.81. The lowest BCUT2D eigenvalue weighted by Crippen LogP contribution is -2.51. The highest BCUT2D eigenvalue weighted by Gasteiger charge is 2.46. The zero-order valence-electron chi connectivity index (χ0n) is 12.5. The molecule has 5 heteroatoms. The molecular formula is C15H26N2O3. The molecule has 1 amide bonds. The van der Waals surface area contributed by atoms with E-state index in [0.717, 1.165) is 38.8 Å². The van der Waals surface area contributed by atoms with E-state index in [2.05, 4.69) is 12.2 Å². The van der Waals surface area contributed by atoms with E-state index >= 15 is 0 Å². The number of carboxylic acids is 1. The minimum absolute atomic E-state index is 0.177. The summed E-state index contributed by atoms with van der Waals surface area (Å²) in [7, 11) is 0. The number of aliphatic carboxylic acids is 1. The molecule has 2 heterocycles. The Morgan fingerprint density at radius 3 is 2.50 bits per heavy atom. The van der Waals surface area contributed by atoms with E-state index in [1.165, 1.54) is 0 Å². The first-order valence-corrected chi connectivity index (χ1v) is 7.76. The first kappa shape index (κ1) is 15.3. The van der Waals surface area contributed by atoms with E-state index in [0.29, 0.717) is 13.0 Å². The van der Waals surface area contributed by atoms with Crippen LogP contribution in [-0.2, 0) is 9.59 Å². The van der Waals surface area contributed by atoms with Crippen molar-refractivity contribution in [2.45, 2.75) is 52.0 Å². The molecule has 0 spiro atoms.